The highest BCUT2D eigenvalue weighted by molar-refractivity contribution is 6.76. The van der Waals surface area contributed by atoms with Crippen LogP contribution in [0.2, 0.25) is 51.4 Å². The second kappa shape index (κ2) is 16.9. The number of imidazole rings is 1. The molecule has 294 valence electrons. The van der Waals surface area contributed by atoms with Gasteiger partial charge in [-0.15, -0.1) is 0 Å². The molecule has 0 saturated heterocycles. The fraction of sp³-hybridized carbons (Fsp3) is 0.500. The Labute approximate surface area is 329 Å². The second-order valence-electron chi connectivity index (χ2n) is 18.1. The summed E-state index contributed by atoms with van der Waals surface area (Å²) in [5, 5.41) is 6.25. The number of rotatable bonds is 18. The van der Waals surface area contributed by atoms with Gasteiger partial charge in [-0.1, -0.05) is 89.0 Å². The molecule has 0 atom stereocenters. The van der Waals surface area contributed by atoms with E-state index in [9.17, 15) is 0 Å². The quantitative estimate of drug-likeness (QED) is 0.0652. The first-order valence-electron chi connectivity index (χ1n) is 20.3. The number of halogens is 1. The monoisotopic (exact) mass is 781 g/mol. The minimum atomic E-state index is -1.28. The van der Waals surface area contributed by atoms with Gasteiger partial charge in [-0.05, 0) is 83.8 Å². The summed E-state index contributed by atoms with van der Waals surface area (Å²) in [5.74, 6) is 1.55. The predicted molar refractivity (Wildman–Crippen MR) is 226 cm³/mol. The van der Waals surface area contributed by atoms with E-state index in [1.807, 2.05) is 41.1 Å². The molecule has 11 heteroatoms. The Hall–Kier alpha value is -3.62. The summed E-state index contributed by atoms with van der Waals surface area (Å²) in [6.45, 7) is 21.8. The van der Waals surface area contributed by atoms with Crippen molar-refractivity contribution < 1.29 is 18.6 Å². The van der Waals surface area contributed by atoms with Crippen LogP contribution in [-0.4, -0.2) is 60.1 Å². The molecule has 2 aliphatic rings. The number of aryl methyl sites for hydroxylation is 1. The van der Waals surface area contributed by atoms with Crippen LogP contribution in [0.15, 0.2) is 60.7 Å². The third-order valence-electron chi connectivity index (χ3n) is 11.1. The van der Waals surface area contributed by atoms with Crippen LogP contribution in [0.1, 0.15) is 48.7 Å². The lowest BCUT2D eigenvalue weighted by molar-refractivity contribution is 0.0813. The third kappa shape index (κ3) is 9.68. The molecular weight excluding hydrogens is 722 g/mol. The van der Waals surface area contributed by atoms with E-state index in [1.54, 1.807) is 6.07 Å². The van der Waals surface area contributed by atoms with Gasteiger partial charge in [0, 0.05) is 54.4 Å². The standard InChI is InChI=1S/C44H60FN5O3Si2/c1-8-34-24-42(53-29-33-13-10-9-11-14-33)38(45)25-37(34)35-17-18-36-40(23-35)50(31-52-20-22-55(5,6)7)47-43(36)44-46-39-27-48(26-32-15-12-16-32)28-41(39)49(44)30-51-19-21-54(2,3)4/h9-11,13-14,17-18,23-25,32H,8,12,15-16,19-22,26-31H2,1-7H3. The van der Waals surface area contributed by atoms with Gasteiger partial charge >= 0.3 is 0 Å². The van der Waals surface area contributed by atoms with Crippen LogP contribution in [-0.2, 0) is 49.1 Å². The smallest absolute Gasteiger partial charge is 0.165 e. The first-order chi connectivity index (χ1) is 26.3. The van der Waals surface area contributed by atoms with Crippen LogP contribution in [0.25, 0.3) is 33.5 Å². The zero-order chi connectivity index (χ0) is 38.7. The predicted octanol–water partition coefficient (Wildman–Crippen LogP) is 10.6. The van der Waals surface area contributed by atoms with Gasteiger partial charge in [-0.3, -0.25) is 4.90 Å². The normalized spacial score (nSPS) is 15.2. The summed E-state index contributed by atoms with van der Waals surface area (Å²) in [7, 11) is -2.52. The SMILES string of the molecule is CCc1cc(OCc2ccccc2)c(F)cc1-c1ccc2c(-c3nc4c(n3COCC[Si](C)(C)C)CN(CC3CCC3)C4)nn(COCC[Si](C)(C)C)c2c1. The molecule has 55 heavy (non-hydrogen) atoms. The molecule has 0 radical (unpaired) electrons. The van der Waals surface area contributed by atoms with Crippen molar-refractivity contribution in [2.24, 2.45) is 5.92 Å². The summed E-state index contributed by atoms with van der Waals surface area (Å²) in [4.78, 5) is 7.88. The van der Waals surface area contributed by atoms with E-state index in [2.05, 4.69) is 73.9 Å². The Balaban J connectivity index is 1.24. The highest BCUT2D eigenvalue weighted by atomic mass is 28.3. The lowest BCUT2D eigenvalue weighted by Gasteiger charge is -2.29. The molecule has 0 bridgehead atoms. The fourth-order valence-electron chi connectivity index (χ4n) is 7.48. The fourth-order valence-corrected chi connectivity index (χ4v) is 8.99. The van der Waals surface area contributed by atoms with E-state index < -0.39 is 16.1 Å². The zero-order valence-corrected chi connectivity index (χ0v) is 36.1. The van der Waals surface area contributed by atoms with Gasteiger partial charge in [0.15, 0.2) is 17.4 Å². The van der Waals surface area contributed by atoms with Gasteiger partial charge in [0.1, 0.15) is 25.8 Å². The molecule has 2 aromatic heterocycles. The maximum absolute atomic E-state index is 15.7. The molecule has 3 aromatic carbocycles. The van der Waals surface area contributed by atoms with Crippen molar-refractivity contribution in [2.45, 2.75) is 117 Å². The molecule has 7 rings (SSSR count). The lowest BCUT2D eigenvalue weighted by Crippen LogP contribution is -2.29. The highest BCUT2D eigenvalue weighted by Gasteiger charge is 2.32. The second-order valence-corrected chi connectivity index (χ2v) is 29.3. The van der Waals surface area contributed by atoms with Crippen molar-refractivity contribution in [3.63, 3.8) is 0 Å². The van der Waals surface area contributed by atoms with E-state index in [0.29, 0.717) is 26.7 Å². The molecule has 8 nitrogen and oxygen atoms in total. The molecule has 0 N–H and O–H groups in total. The first-order valence-corrected chi connectivity index (χ1v) is 27.7. The van der Waals surface area contributed by atoms with Gasteiger partial charge in [0.05, 0.1) is 16.9 Å². The first kappa shape index (κ1) is 39.6. The molecule has 0 spiro atoms. The number of aromatic nitrogens is 4. The third-order valence-corrected chi connectivity index (χ3v) is 14.5. The largest absolute Gasteiger partial charge is 0.486 e. The molecule has 5 aromatic rings. The van der Waals surface area contributed by atoms with Crippen molar-refractivity contribution in [3.8, 4) is 28.4 Å². The summed E-state index contributed by atoms with van der Waals surface area (Å²) in [6, 6.07) is 21.9. The Bertz CT molecular complexity index is 2080. The number of ether oxygens (including phenoxy) is 3. The molecule has 1 fully saturated rings. The highest BCUT2D eigenvalue weighted by Crippen LogP contribution is 2.38. The van der Waals surface area contributed by atoms with Crippen molar-refractivity contribution in [1.82, 2.24) is 24.2 Å². The van der Waals surface area contributed by atoms with Gasteiger partial charge in [-0.25, -0.2) is 14.1 Å². The Morgan fingerprint density at radius 2 is 1.58 bits per heavy atom. The number of hydrogen-bond acceptors (Lipinski definition) is 6. The van der Waals surface area contributed by atoms with E-state index in [0.717, 1.165) is 101 Å². The van der Waals surface area contributed by atoms with Crippen LogP contribution in [0, 0.1) is 11.7 Å². The minimum Gasteiger partial charge on any atom is -0.486 e. The van der Waals surface area contributed by atoms with Crippen LogP contribution in [0.5, 0.6) is 5.75 Å². The van der Waals surface area contributed by atoms with Crippen molar-refractivity contribution in [2.75, 3.05) is 19.8 Å². The average Bonchev–Trinajstić information content (AvgIpc) is 3.79. The molecule has 0 unspecified atom stereocenters. The summed E-state index contributed by atoms with van der Waals surface area (Å²) < 4.78 is 38.7. The Kier molecular flexibility index (Phi) is 12.1. The Morgan fingerprint density at radius 3 is 2.25 bits per heavy atom. The van der Waals surface area contributed by atoms with E-state index in [-0.39, 0.29) is 11.6 Å². The van der Waals surface area contributed by atoms with Crippen LogP contribution < -0.4 is 4.74 Å². The Morgan fingerprint density at radius 1 is 0.855 bits per heavy atom. The summed E-state index contributed by atoms with van der Waals surface area (Å²) in [6.07, 6.45) is 4.76. The van der Waals surface area contributed by atoms with Crippen LogP contribution >= 0.6 is 0 Å². The van der Waals surface area contributed by atoms with Crippen molar-refractivity contribution >= 4 is 27.1 Å². The summed E-state index contributed by atoms with van der Waals surface area (Å²) >= 11 is 0. The topological polar surface area (TPSA) is 66.6 Å². The number of hydrogen-bond donors (Lipinski definition) is 0. The lowest BCUT2D eigenvalue weighted by atomic mass is 9.85. The van der Waals surface area contributed by atoms with Crippen molar-refractivity contribution in [1.29, 1.82) is 0 Å². The molecule has 1 aliphatic heterocycles. The van der Waals surface area contributed by atoms with E-state index >= 15 is 4.39 Å². The number of fused-ring (bicyclic) bond motifs is 2. The van der Waals surface area contributed by atoms with Gasteiger partial charge < -0.3 is 18.8 Å². The van der Waals surface area contributed by atoms with Gasteiger partial charge in [0.2, 0.25) is 0 Å². The number of nitrogens with zero attached hydrogens (tertiary/aromatic N) is 5. The minimum absolute atomic E-state index is 0.270. The van der Waals surface area contributed by atoms with E-state index in [4.69, 9.17) is 24.3 Å². The molecule has 0 amide bonds. The molecule has 1 saturated carbocycles. The zero-order valence-electron chi connectivity index (χ0n) is 34.1. The summed E-state index contributed by atoms with van der Waals surface area (Å²) in [5.41, 5.74) is 7.95. The van der Waals surface area contributed by atoms with E-state index in [1.165, 1.54) is 25.0 Å². The number of benzene rings is 3. The maximum atomic E-state index is 15.7. The molecule has 3 heterocycles. The molecule has 1 aliphatic carbocycles. The average molecular weight is 782 g/mol. The van der Waals surface area contributed by atoms with Gasteiger partial charge in [0.25, 0.3) is 0 Å². The van der Waals surface area contributed by atoms with Crippen LogP contribution in [0.3, 0.4) is 0 Å². The van der Waals surface area contributed by atoms with Gasteiger partial charge in [-0.2, -0.15) is 5.10 Å². The maximum Gasteiger partial charge on any atom is 0.165 e. The van der Waals surface area contributed by atoms with Crippen LogP contribution in [0.4, 0.5) is 4.39 Å². The molecular formula is C44H60FN5O3Si2. The van der Waals surface area contributed by atoms with Crippen molar-refractivity contribution in [3.05, 3.63) is 89.0 Å².